The Morgan fingerprint density at radius 2 is 2.07 bits per heavy atom. The minimum absolute atomic E-state index is 0.0773. The highest BCUT2D eigenvalue weighted by Crippen LogP contribution is 2.02. The number of rotatable bonds is 5. The summed E-state index contributed by atoms with van der Waals surface area (Å²) < 4.78 is 0. The first kappa shape index (κ1) is 11.7. The average molecular weight is 208 g/mol. The zero-order valence-corrected chi connectivity index (χ0v) is 8.81. The van der Waals surface area contributed by atoms with Crippen LogP contribution in [0.25, 0.3) is 0 Å². The van der Waals surface area contributed by atoms with E-state index in [0.29, 0.717) is 18.5 Å². The maximum Gasteiger partial charge on any atom is 0.267 e. The zero-order chi connectivity index (χ0) is 11.1. The third-order valence-corrected chi connectivity index (χ3v) is 2.08. The molecule has 0 heterocycles. The molecule has 4 nitrogen and oxygen atoms in total. The monoisotopic (exact) mass is 208 g/mol. The summed E-state index contributed by atoms with van der Waals surface area (Å²) in [5, 5.41) is 10.2. The number of nitrogens with zero attached hydrogens (tertiary/aromatic N) is 1. The Morgan fingerprint density at radius 3 is 2.60 bits per heavy atom. The van der Waals surface area contributed by atoms with E-state index in [1.165, 1.54) is 5.01 Å². The highest BCUT2D eigenvalue weighted by atomic mass is 16.3. The summed E-state index contributed by atoms with van der Waals surface area (Å²) in [6, 6.07) is 9.06. The predicted molar refractivity (Wildman–Crippen MR) is 58.2 cm³/mol. The van der Waals surface area contributed by atoms with Crippen molar-refractivity contribution < 1.29 is 9.90 Å². The van der Waals surface area contributed by atoms with E-state index in [9.17, 15) is 4.79 Å². The molecule has 0 spiro atoms. The Kier molecular flexibility index (Phi) is 4.80. The number of aliphatic hydroxyl groups excluding tert-OH is 1. The number of hydrazine groups is 1. The minimum atomic E-state index is -0.0773. The predicted octanol–water partition coefficient (Wildman–Crippen LogP) is 0.646. The average Bonchev–Trinajstić information content (AvgIpc) is 2.31. The number of carbonyl (C=O) groups is 1. The Morgan fingerprint density at radius 1 is 1.40 bits per heavy atom. The van der Waals surface area contributed by atoms with Crippen molar-refractivity contribution in [3.05, 3.63) is 35.9 Å². The molecule has 1 amide bonds. The van der Waals surface area contributed by atoms with Gasteiger partial charge in [-0.2, -0.15) is 0 Å². The highest BCUT2D eigenvalue weighted by Gasteiger charge is 2.12. The molecule has 82 valence electrons. The summed E-state index contributed by atoms with van der Waals surface area (Å²) in [5.74, 6) is -0.0773. The van der Waals surface area contributed by atoms with Crippen LogP contribution in [0.3, 0.4) is 0 Å². The van der Waals surface area contributed by atoms with Crippen molar-refractivity contribution in [3.63, 3.8) is 0 Å². The molecule has 1 rings (SSSR count). The van der Waals surface area contributed by atoms with Gasteiger partial charge in [0.25, 0.3) is 5.91 Å². The molecule has 0 aromatic heterocycles. The van der Waals surface area contributed by atoms with E-state index in [1.54, 1.807) is 19.2 Å². The van der Waals surface area contributed by atoms with Crippen LogP contribution in [0.5, 0.6) is 0 Å². The van der Waals surface area contributed by atoms with Gasteiger partial charge in [-0.05, 0) is 18.6 Å². The van der Waals surface area contributed by atoms with Gasteiger partial charge < -0.3 is 5.11 Å². The molecule has 0 atom stereocenters. The van der Waals surface area contributed by atoms with Crippen LogP contribution in [0.2, 0.25) is 0 Å². The van der Waals surface area contributed by atoms with Gasteiger partial charge in [0.1, 0.15) is 0 Å². The fourth-order valence-corrected chi connectivity index (χ4v) is 1.28. The maximum absolute atomic E-state index is 11.9. The van der Waals surface area contributed by atoms with Crippen molar-refractivity contribution in [1.82, 2.24) is 10.4 Å². The fraction of sp³-hybridized carbons (Fsp3) is 0.364. The van der Waals surface area contributed by atoms with E-state index < -0.39 is 0 Å². The number of carbonyl (C=O) groups excluding carboxylic acids is 1. The Bertz CT molecular complexity index is 301. The van der Waals surface area contributed by atoms with Gasteiger partial charge in [-0.25, -0.2) is 5.43 Å². The van der Waals surface area contributed by atoms with Gasteiger partial charge in [0.2, 0.25) is 0 Å². The fourth-order valence-electron chi connectivity index (χ4n) is 1.28. The van der Waals surface area contributed by atoms with Gasteiger partial charge in [-0.3, -0.25) is 9.80 Å². The van der Waals surface area contributed by atoms with Crippen LogP contribution < -0.4 is 5.43 Å². The molecule has 0 saturated heterocycles. The van der Waals surface area contributed by atoms with E-state index in [-0.39, 0.29) is 12.5 Å². The molecule has 0 aliphatic rings. The second-order valence-corrected chi connectivity index (χ2v) is 3.12. The van der Waals surface area contributed by atoms with Crippen LogP contribution in [-0.4, -0.2) is 36.2 Å². The molecule has 15 heavy (non-hydrogen) atoms. The van der Waals surface area contributed by atoms with Crippen LogP contribution in [0.1, 0.15) is 16.8 Å². The van der Waals surface area contributed by atoms with Gasteiger partial charge in [0, 0.05) is 25.8 Å². The molecule has 0 radical (unpaired) electrons. The quantitative estimate of drug-likeness (QED) is 0.698. The third-order valence-electron chi connectivity index (χ3n) is 2.08. The number of hydrogen-bond acceptors (Lipinski definition) is 3. The summed E-state index contributed by atoms with van der Waals surface area (Å²) in [6.45, 7) is 0.584. The topological polar surface area (TPSA) is 52.6 Å². The smallest absolute Gasteiger partial charge is 0.267 e. The minimum Gasteiger partial charge on any atom is -0.396 e. The molecule has 4 heteroatoms. The molecular formula is C11H16N2O2. The third kappa shape index (κ3) is 3.34. The number of benzene rings is 1. The standard InChI is InChI=1S/C11H16N2O2/c1-12-13(8-5-9-14)11(15)10-6-3-2-4-7-10/h2-4,6-7,12,14H,5,8-9H2,1H3. The first-order valence-electron chi connectivity index (χ1n) is 4.94. The normalized spacial score (nSPS) is 10.0. The van der Waals surface area contributed by atoms with Gasteiger partial charge >= 0.3 is 0 Å². The number of amides is 1. The van der Waals surface area contributed by atoms with E-state index in [1.807, 2.05) is 18.2 Å². The Balaban J connectivity index is 2.65. The molecule has 2 N–H and O–H groups in total. The molecule has 0 saturated carbocycles. The number of aliphatic hydroxyl groups is 1. The van der Waals surface area contributed by atoms with Crippen molar-refractivity contribution >= 4 is 5.91 Å². The first-order valence-corrected chi connectivity index (χ1v) is 4.94. The van der Waals surface area contributed by atoms with Crippen molar-refractivity contribution in [3.8, 4) is 0 Å². The summed E-state index contributed by atoms with van der Waals surface area (Å²) in [7, 11) is 1.69. The van der Waals surface area contributed by atoms with Crippen LogP contribution in [0.4, 0.5) is 0 Å². The van der Waals surface area contributed by atoms with Crippen LogP contribution in [0, 0.1) is 0 Å². The largest absolute Gasteiger partial charge is 0.396 e. The molecule has 0 bridgehead atoms. The number of nitrogens with one attached hydrogen (secondary N) is 1. The van der Waals surface area contributed by atoms with Crippen molar-refractivity contribution in [2.75, 3.05) is 20.2 Å². The van der Waals surface area contributed by atoms with E-state index in [0.717, 1.165) is 0 Å². The lowest BCUT2D eigenvalue weighted by molar-refractivity contribution is 0.0667. The second-order valence-electron chi connectivity index (χ2n) is 3.12. The Hall–Kier alpha value is -1.39. The molecule has 1 aromatic rings. The molecule has 0 aliphatic heterocycles. The van der Waals surface area contributed by atoms with Gasteiger partial charge in [-0.1, -0.05) is 18.2 Å². The van der Waals surface area contributed by atoms with Crippen LogP contribution in [-0.2, 0) is 0 Å². The molecule has 1 aromatic carbocycles. The zero-order valence-electron chi connectivity index (χ0n) is 8.81. The van der Waals surface area contributed by atoms with Crippen molar-refractivity contribution in [1.29, 1.82) is 0 Å². The molecular weight excluding hydrogens is 192 g/mol. The highest BCUT2D eigenvalue weighted by molar-refractivity contribution is 5.93. The van der Waals surface area contributed by atoms with Crippen LogP contribution in [0.15, 0.2) is 30.3 Å². The van der Waals surface area contributed by atoms with Crippen LogP contribution >= 0.6 is 0 Å². The Labute approximate surface area is 89.5 Å². The SMILES string of the molecule is CNN(CCCO)C(=O)c1ccccc1. The summed E-state index contributed by atoms with van der Waals surface area (Å²) >= 11 is 0. The van der Waals surface area contributed by atoms with E-state index >= 15 is 0 Å². The van der Waals surface area contributed by atoms with Gasteiger partial charge in [0.05, 0.1) is 0 Å². The molecule has 0 fully saturated rings. The maximum atomic E-state index is 11.9. The van der Waals surface area contributed by atoms with Crippen molar-refractivity contribution in [2.45, 2.75) is 6.42 Å². The lowest BCUT2D eigenvalue weighted by atomic mass is 10.2. The van der Waals surface area contributed by atoms with Gasteiger partial charge in [-0.15, -0.1) is 0 Å². The van der Waals surface area contributed by atoms with Gasteiger partial charge in [0.15, 0.2) is 0 Å². The van der Waals surface area contributed by atoms with Crippen molar-refractivity contribution in [2.24, 2.45) is 0 Å². The summed E-state index contributed by atoms with van der Waals surface area (Å²) in [6.07, 6.45) is 0.569. The lowest BCUT2D eigenvalue weighted by Crippen LogP contribution is -2.41. The second kappa shape index (κ2) is 6.16. The summed E-state index contributed by atoms with van der Waals surface area (Å²) in [4.78, 5) is 11.9. The molecule has 0 aliphatic carbocycles. The van der Waals surface area contributed by atoms with E-state index in [2.05, 4.69) is 5.43 Å². The summed E-state index contributed by atoms with van der Waals surface area (Å²) in [5.41, 5.74) is 3.45. The van der Waals surface area contributed by atoms with E-state index in [4.69, 9.17) is 5.11 Å². The molecule has 0 unspecified atom stereocenters. The first-order chi connectivity index (χ1) is 7.29. The number of hydrogen-bond donors (Lipinski definition) is 2. The lowest BCUT2D eigenvalue weighted by Gasteiger charge is -2.20.